The molecule has 0 radical (unpaired) electrons. The molecule has 0 amide bonds. The molecule has 0 saturated carbocycles. The molecule has 0 N–H and O–H groups in total. The van der Waals surface area contributed by atoms with Gasteiger partial charge in [0.1, 0.15) is 6.33 Å². The Kier molecular flexibility index (Phi) is 4.72. The van der Waals surface area contributed by atoms with Crippen LogP contribution in [0.2, 0.25) is 5.02 Å². The summed E-state index contributed by atoms with van der Waals surface area (Å²) >= 11 is 7.33. The van der Waals surface area contributed by atoms with E-state index in [4.69, 9.17) is 11.6 Å². The molecule has 10 heteroatoms. The van der Waals surface area contributed by atoms with Gasteiger partial charge in [0.25, 0.3) is 0 Å². The molecule has 0 spiro atoms. The molecular formula is C14H9ClF3N5S. The van der Waals surface area contributed by atoms with Crippen LogP contribution in [0.1, 0.15) is 11.4 Å². The average Bonchev–Trinajstić information content (AvgIpc) is 3.01. The molecule has 0 aliphatic rings. The summed E-state index contributed by atoms with van der Waals surface area (Å²) in [6.07, 6.45) is -0.747. The van der Waals surface area contributed by atoms with Crippen molar-refractivity contribution < 1.29 is 13.2 Å². The highest BCUT2D eigenvalue weighted by molar-refractivity contribution is 7.98. The first-order valence-corrected chi connectivity index (χ1v) is 7.97. The Morgan fingerprint density at radius 2 is 2.00 bits per heavy atom. The summed E-state index contributed by atoms with van der Waals surface area (Å²) in [4.78, 5) is 12.0. The molecule has 0 aromatic carbocycles. The molecule has 0 saturated heterocycles. The fraction of sp³-hybridized carbons (Fsp3) is 0.143. The number of nitrogens with zero attached hydrogens (tertiary/aromatic N) is 5. The van der Waals surface area contributed by atoms with Gasteiger partial charge in [0.2, 0.25) is 0 Å². The number of hydrogen-bond acceptors (Lipinski definition) is 5. The van der Waals surface area contributed by atoms with Crippen LogP contribution in [0, 0.1) is 0 Å². The van der Waals surface area contributed by atoms with Gasteiger partial charge in [-0.1, -0.05) is 29.4 Å². The summed E-state index contributed by atoms with van der Waals surface area (Å²) in [5.74, 6) is 1.04. The molecule has 3 aromatic heterocycles. The highest BCUT2D eigenvalue weighted by Gasteiger charge is 2.31. The van der Waals surface area contributed by atoms with Crippen LogP contribution < -0.4 is 0 Å². The molecule has 0 atom stereocenters. The maximum atomic E-state index is 12.6. The first kappa shape index (κ1) is 16.7. The van der Waals surface area contributed by atoms with E-state index in [1.807, 2.05) is 18.2 Å². The van der Waals surface area contributed by atoms with Gasteiger partial charge in [-0.05, 0) is 18.2 Å². The Balaban J connectivity index is 1.76. The van der Waals surface area contributed by atoms with Crippen LogP contribution in [-0.2, 0) is 11.9 Å². The van der Waals surface area contributed by atoms with Crippen molar-refractivity contribution in [1.29, 1.82) is 0 Å². The van der Waals surface area contributed by atoms with Gasteiger partial charge < -0.3 is 0 Å². The smallest absolute Gasteiger partial charge is 0.250 e. The van der Waals surface area contributed by atoms with Gasteiger partial charge in [-0.25, -0.2) is 19.6 Å². The van der Waals surface area contributed by atoms with Crippen LogP contribution in [0.3, 0.4) is 0 Å². The quantitative estimate of drug-likeness (QED) is 0.648. The van der Waals surface area contributed by atoms with E-state index in [9.17, 15) is 13.2 Å². The van der Waals surface area contributed by atoms with Crippen LogP contribution in [-0.4, -0.2) is 24.7 Å². The second-order valence-electron chi connectivity index (χ2n) is 4.59. The zero-order chi connectivity index (χ0) is 17.2. The highest BCUT2D eigenvalue weighted by atomic mass is 35.5. The number of aromatic nitrogens is 5. The second kappa shape index (κ2) is 6.78. The summed E-state index contributed by atoms with van der Waals surface area (Å²) in [5.41, 5.74) is -0.915. The summed E-state index contributed by atoms with van der Waals surface area (Å²) < 4.78 is 39.1. The van der Waals surface area contributed by atoms with Gasteiger partial charge >= 0.3 is 6.18 Å². The maximum Gasteiger partial charge on any atom is 0.417 e. The van der Waals surface area contributed by atoms with Gasteiger partial charge in [-0.2, -0.15) is 13.2 Å². The SMILES string of the molecule is FC(F)(F)c1cnc(-n2cnc(CSc3ccccn3)n2)c(Cl)c1. The molecular weight excluding hydrogens is 363 g/mol. The minimum Gasteiger partial charge on any atom is -0.250 e. The summed E-state index contributed by atoms with van der Waals surface area (Å²) in [7, 11) is 0. The van der Waals surface area contributed by atoms with Gasteiger partial charge in [0, 0.05) is 12.4 Å². The zero-order valence-corrected chi connectivity index (χ0v) is 13.5. The summed E-state index contributed by atoms with van der Waals surface area (Å²) in [5, 5.41) is 4.84. The Morgan fingerprint density at radius 3 is 2.67 bits per heavy atom. The lowest BCUT2D eigenvalue weighted by Gasteiger charge is -2.08. The van der Waals surface area contributed by atoms with Crippen molar-refractivity contribution in [1.82, 2.24) is 24.7 Å². The normalized spacial score (nSPS) is 11.7. The van der Waals surface area contributed by atoms with Crippen LogP contribution >= 0.6 is 23.4 Å². The van der Waals surface area contributed by atoms with Gasteiger partial charge in [-0.3, -0.25) is 0 Å². The van der Waals surface area contributed by atoms with E-state index >= 15 is 0 Å². The largest absolute Gasteiger partial charge is 0.417 e. The fourth-order valence-corrected chi connectivity index (χ4v) is 2.76. The van der Waals surface area contributed by atoms with Crippen LogP contribution in [0.15, 0.2) is 48.0 Å². The lowest BCUT2D eigenvalue weighted by atomic mass is 10.3. The number of rotatable bonds is 4. The van der Waals surface area contributed by atoms with Crippen molar-refractivity contribution >= 4 is 23.4 Å². The molecule has 24 heavy (non-hydrogen) atoms. The molecule has 0 bridgehead atoms. The highest BCUT2D eigenvalue weighted by Crippen LogP contribution is 2.31. The average molecular weight is 372 g/mol. The fourth-order valence-electron chi connectivity index (χ4n) is 1.79. The number of halogens is 4. The molecule has 0 fully saturated rings. The predicted molar refractivity (Wildman–Crippen MR) is 83.0 cm³/mol. The van der Waals surface area contributed by atoms with Crippen molar-refractivity contribution in [3.8, 4) is 5.82 Å². The van der Waals surface area contributed by atoms with E-state index in [1.54, 1.807) is 6.20 Å². The molecule has 124 valence electrons. The molecule has 0 unspecified atom stereocenters. The summed E-state index contributed by atoms with van der Waals surface area (Å²) in [6, 6.07) is 6.35. The molecule has 0 aliphatic carbocycles. The van der Waals surface area contributed by atoms with Crippen LogP contribution in [0.25, 0.3) is 5.82 Å². The third-order valence-corrected chi connectivity index (χ3v) is 4.11. The second-order valence-corrected chi connectivity index (χ2v) is 5.99. The van der Waals surface area contributed by atoms with Crippen molar-refractivity contribution in [2.45, 2.75) is 17.0 Å². The number of thioether (sulfide) groups is 1. The van der Waals surface area contributed by atoms with Crippen molar-refractivity contribution in [2.75, 3.05) is 0 Å². The van der Waals surface area contributed by atoms with E-state index < -0.39 is 11.7 Å². The third-order valence-electron chi connectivity index (χ3n) is 2.89. The maximum absolute atomic E-state index is 12.6. The van der Waals surface area contributed by atoms with Gasteiger partial charge in [0.15, 0.2) is 11.6 Å². The van der Waals surface area contributed by atoms with E-state index in [1.165, 1.54) is 22.8 Å². The Morgan fingerprint density at radius 1 is 1.17 bits per heavy atom. The van der Waals surface area contributed by atoms with E-state index in [2.05, 4.69) is 20.1 Å². The lowest BCUT2D eigenvalue weighted by molar-refractivity contribution is -0.137. The monoisotopic (exact) mass is 371 g/mol. The number of alkyl halides is 3. The molecule has 3 rings (SSSR count). The number of pyridine rings is 2. The van der Waals surface area contributed by atoms with E-state index in [0.29, 0.717) is 17.8 Å². The Labute approximate surface area is 143 Å². The molecule has 0 aliphatic heterocycles. The van der Waals surface area contributed by atoms with Crippen molar-refractivity contribution in [2.24, 2.45) is 0 Å². The lowest BCUT2D eigenvalue weighted by Crippen LogP contribution is -2.08. The van der Waals surface area contributed by atoms with Gasteiger partial charge in [-0.15, -0.1) is 5.10 Å². The topological polar surface area (TPSA) is 56.5 Å². The van der Waals surface area contributed by atoms with Gasteiger partial charge in [0.05, 0.1) is 21.4 Å². The van der Waals surface area contributed by atoms with Crippen LogP contribution in [0.4, 0.5) is 13.2 Å². The Hall–Kier alpha value is -2.13. The Bertz CT molecular complexity index is 838. The standard InChI is InChI=1S/C14H9ClF3N5S/c15-10-5-9(14(16,17)18)6-20-13(10)23-8-21-11(22-23)7-24-12-3-1-2-4-19-12/h1-6,8H,7H2. The van der Waals surface area contributed by atoms with E-state index in [-0.39, 0.29) is 10.8 Å². The molecule has 3 aromatic rings. The van der Waals surface area contributed by atoms with Crippen LogP contribution in [0.5, 0.6) is 0 Å². The summed E-state index contributed by atoms with van der Waals surface area (Å²) in [6.45, 7) is 0. The van der Waals surface area contributed by atoms with Crippen molar-refractivity contribution in [3.05, 3.63) is 59.4 Å². The minimum atomic E-state index is -4.50. The predicted octanol–water partition coefficient (Wildman–Crippen LogP) is 4.02. The minimum absolute atomic E-state index is 0.0891. The van der Waals surface area contributed by atoms with E-state index in [0.717, 1.165) is 11.1 Å². The van der Waals surface area contributed by atoms with Crippen molar-refractivity contribution in [3.63, 3.8) is 0 Å². The zero-order valence-electron chi connectivity index (χ0n) is 11.9. The first-order chi connectivity index (χ1) is 11.4. The number of hydrogen-bond donors (Lipinski definition) is 0. The third kappa shape index (κ3) is 3.85. The molecule has 5 nitrogen and oxygen atoms in total. The molecule has 3 heterocycles. The first-order valence-electron chi connectivity index (χ1n) is 6.61.